The molecule has 25 heavy (non-hydrogen) atoms. The van der Waals surface area contributed by atoms with Gasteiger partial charge in [-0.2, -0.15) is 0 Å². The maximum Gasteiger partial charge on any atom is 0.337 e. The molecule has 2 rings (SSSR count). The van der Waals surface area contributed by atoms with Crippen LogP contribution in [0.5, 0.6) is 0 Å². The fourth-order valence-electron chi connectivity index (χ4n) is 2.06. The molecule has 128 valence electrons. The molecule has 0 radical (unpaired) electrons. The Kier molecular flexibility index (Phi) is 5.97. The summed E-state index contributed by atoms with van der Waals surface area (Å²) >= 11 is 5.11. The number of benzene rings is 2. The minimum atomic E-state index is -0.531. The van der Waals surface area contributed by atoms with Crippen LogP contribution in [0.2, 0.25) is 0 Å². The minimum Gasteiger partial charge on any atom is -0.465 e. The van der Waals surface area contributed by atoms with E-state index in [1.54, 1.807) is 42.5 Å². The summed E-state index contributed by atoms with van der Waals surface area (Å²) in [5.41, 5.74) is 1.65. The smallest absolute Gasteiger partial charge is 0.337 e. The van der Waals surface area contributed by atoms with Crippen LogP contribution in [-0.2, 0) is 4.74 Å². The molecule has 6 nitrogen and oxygen atoms in total. The van der Waals surface area contributed by atoms with Gasteiger partial charge in [-0.05, 0) is 49.5 Å². The zero-order valence-electron chi connectivity index (χ0n) is 13.7. The van der Waals surface area contributed by atoms with Crippen molar-refractivity contribution in [3.05, 3.63) is 65.2 Å². The SMILES string of the molecule is COC(=O)c1cccc(C(=O)NC(=S)Nc2cccc(C(C)=O)c2)c1. The normalized spacial score (nSPS) is 9.84. The van der Waals surface area contributed by atoms with E-state index in [2.05, 4.69) is 15.4 Å². The average Bonchev–Trinajstić information content (AvgIpc) is 2.61. The van der Waals surface area contributed by atoms with Crippen molar-refractivity contribution in [2.24, 2.45) is 0 Å². The van der Waals surface area contributed by atoms with Crippen LogP contribution >= 0.6 is 12.2 Å². The summed E-state index contributed by atoms with van der Waals surface area (Å²) in [5, 5.41) is 5.44. The van der Waals surface area contributed by atoms with Gasteiger partial charge in [-0.3, -0.25) is 14.9 Å². The standard InChI is InChI=1S/C18H16N2O4S/c1-11(21)12-5-4-8-15(10-12)19-18(25)20-16(22)13-6-3-7-14(9-13)17(23)24-2/h3-10H,1-2H3,(H2,19,20,22,25). The highest BCUT2D eigenvalue weighted by Gasteiger charge is 2.12. The van der Waals surface area contributed by atoms with Crippen LogP contribution in [0, 0.1) is 0 Å². The molecule has 0 atom stereocenters. The molecule has 0 aromatic heterocycles. The van der Waals surface area contributed by atoms with E-state index < -0.39 is 11.9 Å². The molecule has 0 unspecified atom stereocenters. The molecule has 0 aliphatic carbocycles. The molecule has 0 fully saturated rings. The molecular formula is C18H16N2O4S. The van der Waals surface area contributed by atoms with Crippen LogP contribution in [-0.4, -0.2) is 29.9 Å². The number of Topliss-reactive ketones (excluding diaryl/α,β-unsaturated/α-hetero) is 1. The first-order valence-corrected chi connectivity index (χ1v) is 7.73. The van der Waals surface area contributed by atoms with E-state index in [1.165, 1.54) is 20.1 Å². The van der Waals surface area contributed by atoms with Crippen molar-refractivity contribution < 1.29 is 19.1 Å². The van der Waals surface area contributed by atoms with E-state index in [-0.39, 0.29) is 22.0 Å². The largest absolute Gasteiger partial charge is 0.465 e. The molecule has 1 amide bonds. The molecule has 2 aromatic carbocycles. The number of hydrogen-bond donors (Lipinski definition) is 2. The lowest BCUT2D eigenvalue weighted by Gasteiger charge is -2.10. The van der Waals surface area contributed by atoms with Gasteiger partial charge in [0.1, 0.15) is 0 Å². The van der Waals surface area contributed by atoms with Crippen molar-refractivity contribution in [3.63, 3.8) is 0 Å². The Morgan fingerprint density at radius 3 is 2.28 bits per heavy atom. The number of ether oxygens (including phenoxy) is 1. The van der Waals surface area contributed by atoms with Crippen molar-refractivity contribution >= 4 is 40.7 Å². The number of methoxy groups -OCH3 is 1. The van der Waals surface area contributed by atoms with E-state index >= 15 is 0 Å². The Morgan fingerprint density at radius 1 is 0.960 bits per heavy atom. The number of carbonyl (C=O) groups excluding carboxylic acids is 3. The molecule has 7 heteroatoms. The van der Waals surface area contributed by atoms with Gasteiger partial charge in [-0.15, -0.1) is 0 Å². The maximum atomic E-state index is 12.2. The molecule has 0 spiro atoms. The topological polar surface area (TPSA) is 84.5 Å². The molecule has 0 aliphatic heterocycles. The summed E-state index contributed by atoms with van der Waals surface area (Å²) in [4.78, 5) is 35.1. The summed E-state index contributed by atoms with van der Waals surface area (Å²) in [6.45, 7) is 1.47. The Morgan fingerprint density at radius 2 is 1.60 bits per heavy atom. The third-order valence-corrected chi connectivity index (χ3v) is 3.50. The summed E-state index contributed by atoms with van der Waals surface area (Å²) in [6, 6.07) is 12.9. The van der Waals surface area contributed by atoms with Gasteiger partial charge in [0.05, 0.1) is 12.7 Å². The first kappa shape index (κ1) is 18.3. The molecular weight excluding hydrogens is 340 g/mol. The fourth-order valence-corrected chi connectivity index (χ4v) is 2.27. The third kappa shape index (κ3) is 4.95. The number of nitrogens with one attached hydrogen (secondary N) is 2. The summed E-state index contributed by atoms with van der Waals surface area (Å²) in [5.74, 6) is -1.07. The zero-order valence-corrected chi connectivity index (χ0v) is 14.5. The summed E-state index contributed by atoms with van der Waals surface area (Å²) in [7, 11) is 1.27. The number of anilines is 1. The first-order valence-electron chi connectivity index (χ1n) is 7.32. The molecule has 0 saturated heterocycles. The van der Waals surface area contributed by atoms with Crippen LogP contribution in [0.4, 0.5) is 5.69 Å². The highest BCUT2D eigenvalue weighted by Crippen LogP contribution is 2.11. The second-order valence-corrected chi connectivity index (χ2v) is 5.53. The van der Waals surface area contributed by atoms with Crippen LogP contribution in [0.15, 0.2) is 48.5 Å². The van der Waals surface area contributed by atoms with E-state index in [0.717, 1.165) is 0 Å². The van der Waals surface area contributed by atoms with Crippen LogP contribution in [0.3, 0.4) is 0 Å². The van der Waals surface area contributed by atoms with Gasteiger partial charge in [0.15, 0.2) is 10.9 Å². The highest BCUT2D eigenvalue weighted by molar-refractivity contribution is 7.80. The van der Waals surface area contributed by atoms with E-state index in [0.29, 0.717) is 11.3 Å². The van der Waals surface area contributed by atoms with Gasteiger partial charge in [-0.1, -0.05) is 18.2 Å². The lowest BCUT2D eigenvalue weighted by Crippen LogP contribution is -2.34. The lowest BCUT2D eigenvalue weighted by molar-refractivity contribution is 0.0600. The van der Waals surface area contributed by atoms with Crippen molar-refractivity contribution in [1.82, 2.24) is 5.32 Å². The van der Waals surface area contributed by atoms with Gasteiger partial charge in [0.25, 0.3) is 5.91 Å². The third-order valence-electron chi connectivity index (χ3n) is 3.30. The van der Waals surface area contributed by atoms with Gasteiger partial charge >= 0.3 is 5.97 Å². The van der Waals surface area contributed by atoms with Gasteiger partial charge in [-0.25, -0.2) is 4.79 Å². The van der Waals surface area contributed by atoms with Crippen molar-refractivity contribution in [2.75, 3.05) is 12.4 Å². The van der Waals surface area contributed by atoms with Gasteiger partial charge in [0, 0.05) is 16.8 Å². The molecule has 0 saturated carbocycles. The molecule has 0 bridgehead atoms. The summed E-state index contributed by atoms with van der Waals surface area (Å²) in [6.07, 6.45) is 0. The molecule has 0 heterocycles. The monoisotopic (exact) mass is 356 g/mol. The second-order valence-electron chi connectivity index (χ2n) is 5.12. The second kappa shape index (κ2) is 8.16. The van der Waals surface area contributed by atoms with E-state index in [1.807, 2.05) is 0 Å². The number of esters is 1. The lowest BCUT2D eigenvalue weighted by atomic mass is 10.1. The first-order chi connectivity index (χ1) is 11.9. The Balaban J connectivity index is 2.05. The number of amides is 1. The Bertz CT molecular complexity index is 848. The van der Waals surface area contributed by atoms with Crippen molar-refractivity contribution in [3.8, 4) is 0 Å². The number of hydrogen-bond acceptors (Lipinski definition) is 5. The number of ketones is 1. The van der Waals surface area contributed by atoms with Crippen LogP contribution in [0.1, 0.15) is 38.0 Å². The summed E-state index contributed by atoms with van der Waals surface area (Å²) < 4.78 is 4.63. The zero-order chi connectivity index (χ0) is 18.4. The Hall–Kier alpha value is -3.06. The fraction of sp³-hybridized carbons (Fsp3) is 0.111. The highest BCUT2D eigenvalue weighted by atomic mass is 32.1. The van der Waals surface area contributed by atoms with Gasteiger partial charge in [0.2, 0.25) is 0 Å². The minimum absolute atomic E-state index is 0.0711. The van der Waals surface area contributed by atoms with Crippen molar-refractivity contribution in [2.45, 2.75) is 6.92 Å². The maximum absolute atomic E-state index is 12.2. The quantitative estimate of drug-likeness (QED) is 0.498. The average molecular weight is 356 g/mol. The molecule has 0 aliphatic rings. The number of thiocarbonyl (C=S) groups is 1. The number of rotatable bonds is 4. The molecule has 2 N–H and O–H groups in total. The van der Waals surface area contributed by atoms with Crippen LogP contribution < -0.4 is 10.6 Å². The number of carbonyl (C=O) groups is 3. The van der Waals surface area contributed by atoms with E-state index in [9.17, 15) is 14.4 Å². The van der Waals surface area contributed by atoms with Gasteiger partial charge < -0.3 is 10.1 Å². The molecule has 2 aromatic rings. The van der Waals surface area contributed by atoms with Crippen LogP contribution in [0.25, 0.3) is 0 Å². The Labute approximate surface area is 150 Å². The predicted molar refractivity (Wildman–Crippen MR) is 97.9 cm³/mol. The van der Waals surface area contributed by atoms with E-state index in [4.69, 9.17) is 12.2 Å². The van der Waals surface area contributed by atoms with Crippen molar-refractivity contribution in [1.29, 1.82) is 0 Å². The predicted octanol–water partition coefficient (Wildman–Crippen LogP) is 2.80.